The average molecular weight is 437 g/mol. The van der Waals surface area contributed by atoms with Crippen molar-refractivity contribution in [3.8, 4) is 0 Å². The van der Waals surface area contributed by atoms with E-state index in [9.17, 15) is 8.42 Å². The number of aromatic nitrogens is 3. The molecule has 8 heteroatoms. The molecule has 26 heavy (non-hydrogen) atoms. The van der Waals surface area contributed by atoms with E-state index in [-0.39, 0.29) is 4.90 Å². The maximum atomic E-state index is 13.0. The Morgan fingerprint density at radius 1 is 1.19 bits per heavy atom. The molecule has 0 radical (unpaired) electrons. The molecule has 0 unspecified atom stereocenters. The van der Waals surface area contributed by atoms with Gasteiger partial charge in [-0.25, -0.2) is 8.42 Å². The number of sulfone groups is 1. The molecule has 0 amide bonds. The smallest absolute Gasteiger partial charge is 0.184 e. The summed E-state index contributed by atoms with van der Waals surface area (Å²) in [7, 11) is -3.52. The third kappa shape index (κ3) is 3.12. The van der Waals surface area contributed by atoms with Gasteiger partial charge in [0.05, 0.1) is 20.8 Å². The Kier molecular flexibility index (Phi) is 4.60. The number of hydrogen-bond donors (Lipinski definition) is 2. The molecule has 0 atom stereocenters. The zero-order chi connectivity index (χ0) is 19.3. The van der Waals surface area contributed by atoms with Crippen LogP contribution >= 0.6 is 15.9 Å². The van der Waals surface area contributed by atoms with E-state index in [1.54, 1.807) is 39.1 Å². The van der Waals surface area contributed by atoms with Crippen LogP contribution in [0.25, 0.3) is 10.9 Å². The molecule has 0 spiro atoms. The largest absolute Gasteiger partial charge is 0.338 e. The Morgan fingerprint density at radius 3 is 2.46 bits per heavy atom. The minimum absolute atomic E-state index is 0.253. The van der Waals surface area contributed by atoms with Gasteiger partial charge in [0.15, 0.2) is 15.7 Å². The second-order valence-electron chi connectivity index (χ2n) is 7.22. The number of fused-ring (bicyclic) bond motifs is 1. The first-order valence-electron chi connectivity index (χ1n) is 8.14. The van der Waals surface area contributed by atoms with Gasteiger partial charge in [-0.3, -0.25) is 10.1 Å². The Labute approximate surface area is 161 Å². The fourth-order valence-corrected chi connectivity index (χ4v) is 4.75. The van der Waals surface area contributed by atoms with Gasteiger partial charge >= 0.3 is 0 Å². The van der Waals surface area contributed by atoms with E-state index < -0.39 is 14.6 Å². The van der Waals surface area contributed by atoms with E-state index in [0.717, 1.165) is 22.3 Å². The Bertz CT molecular complexity index is 1100. The molecule has 1 aromatic carbocycles. The minimum atomic E-state index is -3.52. The van der Waals surface area contributed by atoms with Crippen molar-refractivity contribution in [3.05, 3.63) is 40.1 Å². The zero-order valence-electron chi connectivity index (χ0n) is 15.3. The number of H-pyrrole nitrogens is 1. The highest BCUT2D eigenvalue weighted by molar-refractivity contribution is 9.10. The predicted octanol–water partition coefficient (Wildman–Crippen LogP) is 4.65. The summed E-state index contributed by atoms with van der Waals surface area (Å²) in [6, 6.07) is 5.22. The molecule has 0 bridgehead atoms. The van der Waals surface area contributed by atoms with Crippen molar-refractivity contribution < 1.29 is 8.42 Å². The summed E-state index contributed by atoms with van der Waals surface area (Å²) in [6.45, 7) is 8.99. The Balaban J connectivity index is 2.21. The number of anilines is 2. The van der Waals surface area contributed by atoms with Gasteiger partial charge in [-0.05, 0) is 68.7 Å². The van der Waals surface area contributed by atoms with Crippen LogP contribution < -0.4 is 5.32 Å². The van der Waals surface area contributed by atoms with Crippen molar-refractivity contribution >= 4 is 48.2 Å². The molecule has 3 rings (SSSR count). The standard InChI is InChI=1S/C18H21BrN4O2S/c1-10-11(2)22-23-17(10)21-14-6-7-20-15-9-13(19)16(8-12(14)15)26(24,25)18(3,4)5/h6-9H,1-5H3,(H2,20,21,22,23). The number of nitrogens with one attached hydrogen (secondary N) is 2. The summed E-state index contributed by atoms with van der Waals surface area (Å²) in [4.78, 5) is 4.62. The average Bonchev–Trinajstić information content (AvgIpc) is 2.85. The highest BCUT2D eigenvalue weighted by Crippen LogP contribution is 2.36. The summed E-state index contributed by atoms with van der Waals surface area (Å²) in [5, 5.41) is 11.2. The summed E-state index contributed by atoms with van der Waals surface area (Å²) < 4.78 is 25.5. The SMILES string of the molecule is Cc1[nH]nc(Nc2ccnc3cc(Br)c(S(=O)(=O)C(C)(C)C)cc23)c1C. The number of hydrogen-bond acceptors (Lipinski definition) is 5. The van der Waals surface area contributed by atoms with Crippen LogP contribution in [0, 0.1) is 13.8 Å². The zero-order valence-corrected chi connectivity index (χ0v) is 17.7. The molecule has 2 N–H and O–H groups in total. The molecule has 0 fully saturated rings. The lowest BCUT2D eigenvalue weighted by Gasteiger charge is -2.21. The lowest BCUT2D eigenvalue weighted by atomic mass is 10.2. The molecule has 0 aliphatic heterocycles. The first-order chi connectivity index (χ1) is 12.0. The quantitative estimate of drug-likeness (QED) is 0.623. The van der Waals surface area contributed by atoms with Gasteiger partial charge in [0.1, 0.15) is 0 Å². The molecule has 3 aromatic rings. The van der Waals surface area contributed by atoms with Gasteiger partial charge in [-0.1, -0.05) is 0 Å². The number of halogens is 1. The number of nitrogens with zero attached hydrogens (tertiary/aromatic N) is 2. The van der Waals surface area contributed by atoms with E-state index in [4.69, 9.17) is 0 Å². The molecule has 0 saturated heterocycles. The normalized spacial score (nSPS) is 12.5. The maximum absolute atomic E-state index is 13.0. The first-order valence-corrected chi connectivity index (χ1v) is 10.4. The summed E-state index contributed by atoms with van der Waals surface area (Å²) in [5.41, 5.74) is 3.43. The number of rotatable bonds is 3. The molecule has 2 aromatic heterocycles. The van der Waals surface area contributed by atoms with Crippen LogP contribution in [-0.2, 0) is 9.84 Å². The van der Waals surface area contributed by atoms with Gasteiger partial charge in [-0.15, -0.1) is 0 Å². The molecule has 6 nitrogen and oxygen atoms in total. The van der Waals surface area contributed by atoms with Crippen molar-refractivity contribution in [2.45, 2.75) is 44.3 Å². The van der Waals surface area contributed by atoms with Crippen molar-refractivity contribution in [1.82, 2.24) is 15.2 Å². The van der Waals surface area contributed by atoms with E-state index in [1.165, 1.54) is 0 Å². The van der Waals surface area contributed by atoms with Crippen LogP contribution in [-0.4, -0.2) is 28.3 Å². The topological polar surface area (TPSA) is 87.7 Å². The molecule has 138 valence electrons. The third-order valence-electron chi connectivity index (χ3n) is 4.40. The fourth-order valence-electron chi connectivity index (χ4n) is 2.53. The van der Waals surface area contributed by atoms with Gasteiger partial charge in [0, 0.05) is 27.3 Å². The van der Waals surface area contributed by atoms with Crippen LogP contribution in [0.15, 0.2) is 33.8 Å². The monoisotopic (exact) mass is 436 g/mol. The second-order valence-corrected chi connectivity index (χ2v) is 10.7. The van der Waals surface area contributed by atoms with Crippen molar-refractivity contribution in [2.75, 3.05) is 5.32 Å². The number of benzene rings is 1. The number of aromatic amines is 1. The Hall–Kier alpha value is -1.93. The lowest BCUT2D eigenvalue weighted by molar-refractivity contribution is 0.560. The minimum Gasteiger partial charge on any atom is -0.338 e. The summed E-state index contributed by atoms with van der Waals surface area (Å²) in [6.07, 6.45) is 1.68. The van der Waals surface area contributed by atoms with Crippen LogP contribution in [0.3, 0.4) is 0 Å². The Morgan fingerprint density at radius 2 is 1.88 bits per heavy atom. The predicted molar refractivity (Wildman–Crippen MR) is 108 cm³/mol. The molecule has 0 aliphatic rings. The van der Waals surface area contributed by atoms with E-state index >= 15 is 0 Å². The number of pyridine rings is 1. The lowest BCUT2D eigenvalue weighted by Crippen LogP contribution is -2.28. The summed E-state index contributed by atoms with van der Waals surface area (Å²) in [5.74, 6) is 0.707. The molecular weight excluding hydrogens is 416 g/mol. The summed E-state index contributed by atoms with van der Waals surface area (Å²) >= 11 is 3.40. The van der Waals surface area contributed by atoms with Crippen molar-refractivity contribution in [2.24, 2.45) is 0 Å². The van der Waals surface area contributed by atoms with Gasteiger partial charge in [0.25, 0.3) is 0 Å². The highest BCUT2D eigenvalue weighted by atomic mass is 79.9. The molecular formula is C18H21BrN4O2S. The maximum Gasteiger partial charge on any atom is 0.184 e. The van der Waals surface area contributed by atoms with Crippen LogP contribution in [0.1, 0.15) is 32.0 Å². The fraction of sp³-hybridized carbons (Fsp3) is 0.333. The van der Waals surface area contributed by atoms with Gasteiger partial charge in [-0.2, -0.15) is 5.10 Å². The third-order valence-corrected chi connectivity index (χ3v) is 7.84. The van der Waals surface area contributed by atoms with Crippen LogP contribution in [0.4, 0.5) is 11.5 Å². The van der Waals surface area contributed by atoms with Crippen LogP contribution in [0.5, 0.6) is 0 Å². The molecule has 0 saturated carbocycles. The van der Waals surface area contributed by atoms with Gasteiger partial charge < -0.3 is 5.32 Å². The number of aryl methyl sites for hydroxylation is 1. The van der Waals surface area contributed by atoms with E-state index in [2.05, 4.69) is 36.4 Å². The van der Waals surface area contributed by atoms with E-state index in [0.29, 0.717) is 15.8 Å². The molecule has 2 heterocycles. The first kappa shape index (κ1) is 18.8. The van der Waals surface area contributed by atoms with E-state index in [1.807, 2.05) is 19.9 Å². The second kappa shape index (κ2) is 6.35. The van der Waals surface area contributed by atoms with Gasteiger partial charge in [0.2, 0.25) is 0 Å². The van der Waals surface area contributed by atoms with Crippen LogP contribution in [0.2, 0.25) is 0 Å². The highest BCUT2D eigenvalue weighted by Gasteiger charge is 2.33. The van der Waals surface area contributed by atoms with Crippen molar-refractivity contribution in [3.63, 3.8) is 0 Å². The molecule has 0 aliphatic carbocycles. The van der Waals surface area contributed by atoms with Crippen molar-refractivity contribution in [1.29, 1.82) is 0 Å².